The van der Waals surface area contributed by atoms with E-state index in [1.807, 2.05) is 25.1 Å². The van der Waals surface area contributed by atoms with Crippen LogP contribution in [0.25, 0.3) is 17.3 Å². The van der Waals surface area contributed by atoms with E-state index in [2.05, 4.69) is 20.9 Å². The summed E-state index contributed by atoms with van der Waals surface area (Å²) in [7, 11) is 1.31. The van der Waals surface area contributed by atoms with Gasteiger partial charge < -0.3 is 19.1 Å². The third kappa shape index (κ3) is 4.13. The van der Waals surface area contributed by atoms with Crippen molar-refractivity contribution < 1.29 is 19.4 Å². The molecule has 0 aliphatic carbocycles. The molecule has 0 amide bonds. The number of carbonyl (C=O) groups is 1. The average molecular weight is 514 g/mol. The lowest BCUT2D eigenvalue weighted by atomic mass is 10.1. The minimum Gasteiger partial charge on any atom is -0.494 e. The smallest absolute Gasteiger partial charge is 0.325 e. The van der Waals surface area contributed by atoms with Crippen LogP contribution in [0.15, 0.2) is 51.9 Å². The number of halogens is 1. The van der Waals surface area contributed by atoms with Crippen molar-refractivity contribution in [2.24, 2.45) is 4.99 Å². The molecule has 3 aromatic rings. The Morgan fingerprint density at radius 3 is 2.69 bits per heavy atom. The molecule has 1 aliphatic heterocycles. The first-order chi connectivity index (χ1) is 15.4. The van der Waals surface area contributed by atoms with Crippen LogP contribution < -0.4 is 4.74 Å². The second-order valence-corrected chi connectivity index (χ2v) is 8.22. The van der Waals surface area contributed by atoms with Gasteiger partial charge in [0.1, 0.15) is 18.0 Å². The Bertz CT molecular complexity index is 1310. The van der Waals surface area contributed by atoms with E-state index in [0.29, 0.717) is 23.7 Å². The maximum absolute atomic E-state index is 12.1. The Labute approximate surface area is 198 Å². The molecule has 2 heterocycles. The van der Waals surface area contributed by atoms with Crippen LogP contribution in [0.1, 0.15) is 18.2 Å². The van der Waals surface area contributed by atoms with Crippen LogP contribution in [-0.2, 0) is 16.1 Å². The van der Waals surface area contributed by atoms with Gasteiger partial charge in [0, 0.05) is 21.8 Å². The summed E-state index contributed by atoms with van der Waals surface area (Å²) in [5.41, 5.74) is 3.53. The van der Waals surface area contributed by atoms with Crippen molar-refractivity contribution in [2.75, 3.05) is 13.7 Å². The van der Waals surface area contributed by atoms with Crippen molar-refractivity contribution in [3.05, 3.63) is 63.0 Å². The largest absolute Gasteiger partial charge is 0.494 e. The van der Waals surface area contributed by atoms with Gasteiger partial charge in [0.2, 0.25) is 5.88 Å². The molecular formula is C23H20BrN3O4S. The predicted molar refractivity (Wildman–Crippen MR) is 130 cm³/mol. The van der Waals surface area contributed by atoms with E-state index in [4.69, 9.17) is 21.7 Å². The van der Waals surface area contributed by atoms with Gasteiger partial charge in [0.15, 0.2) is 4.77 Å². The molecule has 1 aliphatic rings. The van der Waals surface area contributed by atoms with Crippen molar-refractivity contribution in [2.45, 2.75) is 13.5 Å². The van der Waals surface area contributed by atoms with Crippen molar-refractivity contribution in [3.8, 4) is 17.3 Å². The molecule has 0 saturated heterocycles. The van der Waals surface area contributed by atoms with Gasteiger partial charge in [-0.2, -0.15) is 0 Å². The molecule has 0 spiro atoms. The quantitative estimate of drug-likeness (QED) is 0.357. The summed E-state index contributed by atoms with van der Waals surface area (Å²) in [5.74, 6) is 0.142. The number of hydrogen-bond acceptors (Lipinski definition) is 6. The van der Waals surface area contributed by atoms with Crippen LogP contribution in [0.4, 0.5) is 5.69 Å². The molecule has 0 radical (unpaired) electrons. The van der Waals surface area contributed by atoms with Gasteiger partial charge in [0.05, 0.1) is 25.1 Å². The van der Waals surface area contributed by atoms with Gasteiger partial charge in [-0.05, 0) is 67.7 Å². The summed E-state index contributed by atoms with van der Waals surface area (Å²) in [6.07, 6.45) is 3.48. The Hall–Kier alpha value is -3.17. The summed E-state index contributed by atoms with van der Waals surface area (Å²) < 4.78 is 14.6. The highest BCUT2D eigenvalue weighted by Crippen LogP contribution is 2.36. The summed E-state index contributed by atoms with van der Waals surface area (Å²) in [4.78, 5) is 16.5. The third-order valence-electron chi connectivity index (χ3n) is 4.98. The number of imidazole rings is 1. The molecule has 0 bridgehead atoms. The maximum atomic E-state index is 12.1. The highest BCUT2D eigenvalue weighted by Gasteiger charge is 2.21. The van der Waals surface area contributed by atoms with Crippen molar-refractivity contribution in [1.29, 1.82) is 0 Å². The van der Waals surface area contributed by atoms with E-state index in [-0.39, 0.29) is 17.2 Å². The zero-order valence-electron chi connectivity index (χ0n) is 17.4. The number of methoxy groups -OCH3 is 1. The Balaban J connectivity index is 1.86. The zero-order valence-corrected chi connectivity index (χ0v) is 19.8. The first kappa shape index (κ1) is 22.0. The molecule has 2 aromatic carbocycles. The third-order valence-corrected chi connectivity index (χ3v) is 5.88. The second kappa shape index (κ2) is 9.13. The SMILES string of the molecule is CCOc1ccc(-n2c(O)c(C=C3C=Nc4ccc(Br)cc43)n(CC(=O)OC)c2=S)cc1. The fraction of sp³-hybridized carbons (Fsp3) is 0.174. The fourth-order valence-corrected chi connectivity index (χ4v) is 4.17. The van der Waals surface area contributed by atoms with E-state index >= 15 is 0 Å². The van der Waals surface area contributed by atoms with Crippen LogP contribution in [0.2, 0.25) is 0 Å². The van der Waals surface area contributed by atoms with Crippen LogP contribution >= 0.6 is 28.1 Å². The number of rotatable bonds is 6. The Morgan fingerprint density at radius 2 is 2.00 bits per heavy atom. The lowest BCUT2D eigenvalue weighted by Gasteiger charge is -2.07. The normalized spacial score (nSPS) is 13.4. The number of hydrogen-bond donors (Lipinski definition) is 1. The number of carbonyl (C=O) groups excluding carboxylic acids is 1. The maximum Gasteiger partial charge on any atom is 0.325 e. The minimum atomic E-state index is -0.479. The minimum absolute atomic E-state index is 0.0904. The topological polar surface area (TPSA) is 78.0 Å². The number of benzene rings is 2. The highest BCUT2D eigenvalue weighted by molar-refractivity contribution is 9.10. The lowest BCUT2D eigenvalue weighted by molar-refractivity contribution is -0.141. The fourth-order valence-electron chi connectivity index (χ4n) is 3.45. The van der Waals surface area contributed by atoms with E-state index in [1.54, 1.807) is 41.1 Å². The molecule has 32 heavy (non-hydrogen) atoms. The highest BCUT2D eigenvalue weighted by atomic mass is 79.9. The van der Waals surface area contributed by atoms with Gasteiger partial charge in [-0.1, -0.05) is 15.9 Å². The summed E-state index contributed by atoms with van der Waals surface area (Å²) in [6.45, 7) is 2.32. The average Bonchev–Trinajstić information content (AvgIpc) is 3.28. The molecule has 9 heteroatoms. The monoisotopic (exact) mass is 513 g/mol. The van der Waals surface area contributed by atoms with Crippen LogP contribution in [0.3, 0.4) is 0 Å². The van der Waals surface area contributed by atoms with Gasteiger partial charge in [-0.15, -0.1) is 0 Å². The number of fused-ring (bicyclic) bond motifs is 1. The van der Waals surface area contributed by atoms with Gasteiger partial charge >= 0.3 is 5.97 Å². The molecule has 0 saturated carbocycles. The first-order valence-corrected chi connectivity index (χ1v) is 11.0. The summed E-state index contributed by atoms with van der Waals surface area (Å²) >= 11 is 9.11. The van der Waals surface area contributed by atoms with E-state index in [9.17, 15) is 9.90 Å². The molecule has 1 aromatic heterocycles. The first-order valence-electron chi connectivity index (χ1n) is 9.83. The van der Waals surface area contributed by atoms with Crippen LogP contribution in [0, 0.1) is 4.77 Å². The molecule has 164 valence electrons. The number of aromatic hydroxyl groups is 1. The van der Waals surface area contributed by atoms with Crippen LogP contribution in [0.5, 0.6) is 11.6 Å². The van der Waals surface area contributed by atoms with Gasteiger partial charge in [0.25, 0.3) is 0 Å². The molecule has 0 fully saturated rings. The number of nitrogens with zero attached hydrogens (tertiary/aromatic N) is 3. The lowest BCUT2D eigenvalue weighted by Crippen LogP contribution is -2.13. The zero-order chi connectivity index (χ0) is 22.8. The number of aromatic nitrogens is 2. The number of ether oxygens (including phenoxy) is 2. The second-order valence-electron chi connectivity index (χ2n) is 6.94. The van der Waals surface area contributed by atoms with E-state index in [0.717, 1.165) is 21.3 Å². The van der Waals surface area contributed by atoms with Crippen molar-refractivity contribution in [3.63, 3.8) is 0 Å². The molecule has 4 rings (SSSR count). The van der Waals surface area contributed by atoms with Crippen molar-refractivity contribution >= 4 is 57.7 Å². The van der Waals surface area contributed by atoms with Gasteiger partial charge in [-0.3, -0.25) is 14.4 Å². The molecule has 0 atom stereocenters. The molecule has 0 unspecified atom stereocenters. The predicted octanol–water partition coefficient (Wildman–Crippen LogP) is 5.30. The summed E-state index contributed by atoms with van der Waals surface area (Å²) in [6, 6.07) is 13.0. The van der Waals surface area contributed by atoms with E-state index in [1.165, 1.54) is 11.7 Å². The molecular weight excluding hydrogens is 494 g/mol. The van der Waals surface area contributed by atoms with Crippen molar-refractivity contribution in [1.82, 2.24) is 9.13 Å². The number of esters is 1. The number of allylic oxidation sites excluding steroid dienone is 1. The Morgan fingerprint density at radius 1 is 1.25 bits per heavy atom. The molecule has 7 nitrogen and oxygen atoms in total. The summed E-state index contributed by atoms with van der Waals surface area (Å²) in [5, 5.41) is 11.2. The number of aliphatic imine (C=N–C) groups is 1. The van der Waals surface area contributed by atoms with E-state index < -0.39 is 5.97 Å². The van der Waals surface area contributed by atoms with Gasteiger partial charge in [-0.25, -0.2) is 0 Å². The Kier molecular flexibility index (Phi) is 6.29. The standard InChI is InChI=1S/C23H20BrN3O4S/c1-3-31-17-7-5-16(6-8-17)27-22(29)20(26(23(27)32)13-21(28)30-2)10-14-12-25-19-9-4-15(24)11-18(14)19/h4-12,29H,3,13H2,1-2H3. The molecule has 1 N–H and O–H groups in total. The van der Waals surface area contributed by atoms with Crippen LogP contribution in [-0.4, -0.2) is 40.1 Å².